The van der Waals surface area contributed by atoms with Crippen LogP contribution >= 0.6 is 0 Å². The van der Waals surface area contributed by atoms with E-state index in [2.05, 4.69) is 76.3 Å². The first-order valence-electron chi connectivity index (χ1n) is 10.7. The van der Waals surface area contributed by atoms with Crippen molar-refractivity contribution in [2.24, 2.45) is 7.05 Å². The highest BCUT2D eigenvalue weighted by atomic mass is 15.4. The molecule has 3 heterocycles. The lowest BCUT2D eigenvalue weighted by molar-refractivity contribution is 0.752. The zero-order chi connectivity index (χ0) is 21.8. The second-order valence-corrected chi connectivity index (χ2v) is 8.28. The van der Waals surface area contributed by atoms with E-state index < -0.39 is 0 Å². The molecule has 0 fully saturated rings. The van der Waals surface area contributed by atoms with Crippen molar-refractivity contribution in [1.82, 2.24) is 29.5 Å². The van der Waals surface area contributed by atoms with Gasteiger partial charge in [-0.3, -0.25) is 0 Å². The van der Waals surface area contributed by atoms with Crippen LogP contribution in [0, 0.1) is 13.8 Å². The summed E-state index contributed by atoms with van der Waals surface area (Å²) in [6.45, 7) is 4.12. The first-order valence-corrected chi connectivity index (χ1v) is 10.7. The Bertz CT molecular complexity index is 1640. The maximum atomic E-state index is 4.84. The van der Waals surface area contributed by atoms with Crippen molar-refractivity contribution in [3.05, 3.63) is 89.2 Å². The third-order valence-electron chi connectivity index (χ3n) is 6.32. The third kappa shape index (κ3) is 2.80. The Balaban J connectivity index is 1.43. The van der Waals surface area contributed by atoms with Gasteiger partial charge in [0, 0.05) is 30.1 Å². The molecular weight excluding hydrogens is 396 g/mol. The number of aryl methyl sites for hydroxylation is 2. The summed E-state index contributed by atoms with van der Waals surface area (Å²) < 4.78 is 3.88. The highest BCUT2D eigenvalue weighted by molar-refractivity contribution is 6.04. The summed E-state index contributed by atoms with van der Waals surface area (Å²) in [5, 5.41) is 17.3. The number of aromatic nitrogens is 6. The van der Waals surface area contributed by atoms with E-state index in [1.807, 2.05) is 30.8 Å². The molecule has 6 aromatic rings. The third-order valence-corrected chi connectivity index (χ3v) is 6.32. The van der Waals surface area contributed by atoms with Gasteiger partial charge in [0.25, 0.3) is 5.95 Å². The molecule has 0 spiro atoms. The Morgan fingerprint density at radius 2 is 1.62 bits per heavy atom. The maximum absolute atomic E-state index is 4.84. The SMILES string of the molecule is Cc1nn(-c2nnc3c4ccccc4n(C)c3n2)c(C)c1Cc1ccc2ccccc2c1. The number of hydrogen-bond donors (Lipinski definition) is 0. The topological polar surface area (TPSA) is 61.4 Å². The molecule has 0 N–H and O–H groups in total. The van der Waals surface area contributed by atoms with Crippen molar-refractivity contribution in [3.8, 4) is 5.95 Å². The van der Waals surface area contributed by atoms with E-state index in [-0.39, 0.29) is 0 Å². The van der Waals surface area contributed by atoms with Gasteiger partial charge in [0.15, 0.2) is 5.65 Å². The van der Waals surface area contributed by atoms with Crippen LogP contribution in [0.3, 0.4) is 0 Å². The van der Waals surface area contributed by atoms with Crippen LogP contribution in [-0.4, -0.2) is 29.5 Å². The average molecular weight is 419 g/mol. The van der Waals surface area contributed by atoms with E-state index >= 15 is 0 Å². The molecule has 0 saturated carbocycles. The van der Waals surface area contributed by atoms with Crippen molar-refractivity contribution in [2.45, 2.75) is 20.3 Å². The number of fused-ring (bicyclic) bond motifs is 4. The van der Waals surface area contributed by atoms with Crippen LogP contribution in [-0.2, 0) is 13.5 Å². The fourth-order valence-electron chi connectivity index (χ4n) is 4.57. The highest BCUT2D eigenvalue weighted by Crippen LogP contribution is 2.26. The maximum Gasteiger partial charge on any atom is 0.272 e. The van der Waals surface area contributed by atoms with Gasteiger partial charge in [-0.2, -0.15) is 10.1 Å². The van der Waals surface area contributed by atoms with Gasteiger partial charge < -0.3 is 4.57 Å². The molecule has 0 radical (unpaired) electrons. The minimum atomic E-state index is 0.494. The zero-order valence-corrected chi connectivity index (χ0v) is 18.2. The Morgan fingerprint density at radius 3 is 2.50 bits per heavy atom. The summed E-state index contributed by atoms with van der Waals surface area (Å²) in [6, 6.07) is 23.2. The van der Waals surface area contributed by atoms with E-state index in [1.54, 1.807) is 0 Å². The van der Waals surface area contributed by atoms with Gasteiger partial charge in [-0.1, -0.05) is 60.7 Å². The predicted octanol–water partition coefficient (Wildman–Crippen LogP) is 5.06. The van der Waals surface area contributed by atoms with Gasteiger partial charge >= 0.3 is 0 Å². The van der Waals surface area contributed by atoms with Crippen LogP contribution in [0.15, 0.2) is 66.7 Å². The number of hydrogen-bond acceptors (Lipinski definition) is 4. The second-order valence-electron chi connectivity index (χ2n) is 8.28. The molecular formula is C26H22N6. The summed E-state index contributed by atoms with van der Waals surface area (Å²) in [7, 11) is 2.01. The Morgan fingerprint density at radius 1 is 0.844 bits per heavy atom. The molecule has 0 atom stereocenters. The molecule has 156 valence electrons. The second kappa shape index (κ2) is 6.99. The molecule has 6 nitrogen and oxygen atoms in total. The van der Waals surface area contributed by atoms with Crippen LogP contribution in [0.4, 0.5) is 0 Å². The molecule has 0 saturated heterocycles. The number of rotatable bonds is 3. The van der Waals surface area contributed by atoms with Crippen molar-refractivity contribution < 1.29 is 0 Å². The molecule has 0 unspecified atom stereocenters. The lowest BCUT2D eigenvalue weighted by Gasteiger charge is -2.06. The quantitative estimate of drug-likeness (QED) is 0.403. The summed E-state index contributed by atoms with van der Waals surface area (Å²) in [5.41, 5.74) is 7.18. The monoisotopic (exact) mass is 418 g/mol. The van der Waals surface area contributed by atoms with E-state index in [0.717, 1.165) is 39.9 Å². The molecule has 32 heavy (non-hydrogen) atoms. The highest BCUT2D eigenvalue weighted by Gasteiger charge is 2.18. The fourth-order valence-corrected chi connectivity index (χ4v) is 4.57. The van der Waals surface area contributed by atoms with Crippen molar-refractivity contribution in [2.75, 3.05) is 0 Å². The van der Waals surface area contributed by atoms with Crippen molar-refractivity contribution in [1.29, 1.82) is 0 Å². The first kappa shape index (κ1) is 18.7. The molecule has 0 bridgehead atoms. The minimum Gasteiger partial charge on any atom is -0.327 e. The average Bonchev–Trinajstić information content (AvgIpc) is 3.27. The normalized spacial score (nSPS) is 11.7. The van der Waals surface area contributed by atoms with Gasteiger partial charge in [-0.25, -0.2) is 4.68 Å². The van der Waals surface area contributed by atoms with Gasteiger partial charge in [-0.15, -0.1) is 10.2 Å². The van der Waals surface area contributed by atoms with Crippen LogP contribution in [0.25, 0.3) is 38.8 Å². The largest absolute Gasteiger partial charge is 0.327 e. The summed E-state index contributed by atoms with van der Waals surface area (Å²) >= 11 is 0. The van der Waals surface area contributed by atoms with Gasteiger partial charge in [0.1, 0.15) is 5.52 Å². The Hall–Kier alpha value is -4.06. The lowest BCUT2D eigenvalue weighted by atomic mass is 10.0. The van der Waals surface area contributed by atoms with Gasteiger partial charge in [0.2, 0.25) is 0 Å². The first-order chi connectivity index (χ1) is 15.6. The fraction of sp³-hybridized carbons (Fsp3) is 0.154. The number of benzene rings is 3. The van der Waals surface area contributed by atoms with Crippen LogP contribution < -0.4 is 0 Å². The van der Waals surface area contributed by atoms with Crippen molar-refractivity contribution >= 4 is 32.8 Å². The summed E-state index contributed by atoms with van der Waals surface area (Å²) in [5.74, 6) is 0.494. The summed E-state index contributed by atoms with van der Waals surface area (Å²) in [4.78, 5) is 4.84. The van der Waals surface area contributed by atoms with E-state index in [0.29, 0.717) is 5.95 Å². The lowest BCUT2D eigenvalue weighted by Crippen LogP contribution is -2.07. The molecule has 3 aromatic heterocycles. The van der Waals surface area contributed by atoms with Gasteiger partial charge in [0.05, 0.1) is 11.2 Å². The van der Waals surface area contributed by atoms with Crippen molar-refractivity contribution in [3.63, 3.8) is 0 Å². The molecule has 6 rings (SSSR count). The molecule has 0 aliphatic heterocycles. The van der Waals surface area contributed by atoms with Crippen LogP contribution in [0.1, 0.15) is 22.5 Å². The van der Waals surface area contributed by atoms with Crippen LogP contribution in [0.2, 0.25) is 0 Å². The Labute approximate surface area is 185 Å². The molecule has 0 amide bonds. The van der Waals surface area contributed by atoms with E-state index in [4.69, 9.17) is 10.1 Å². The standard InChI is InChI=1S/C26H22N6/c1-16-22(15-18-12-13-19-8-4-5-9-20(19)14-18)17(2)32(30-16)26-27-25-24(28-29-26)21-10-6-7-11-23(21)31(25)3/h4-14H,15H2,1-3H3. The minimum absolute atomic E-state index is 0.494. The Kier molecular flexibility index (Phi) is 4.08. The summed E-state index contributed by atoms with van der Waals surface area (Å²) in [6.07, 6.45) is 0.812. The van der Waals surface area contributed by atoms with Crippen LogP contribution in [0.5, 0.6) is 0 Å². The predicted molar refractivity (Wildman–Crippen MR) is 127 cm³/mol. The van der Waals surface area contributed by atoms with E-state index in [1.165, 1.54) is 21.9 Å². The molecule has 0 aliphatic carbocycles. The van der Waals surface area contributed by atoms with E-state index in [9.17, 15) is 0 Å². The molecule has 3 aromatic carbocycles. The number of nitrogens with zero attached hydrogens (tertiary/aromatic N) is 6. The van der Waals surface area contributed by atoms with Gasteiger partial charge in [-0.05, 0) is 36.2 Å². The smallest absolute Gasteiger partial charge is 0.272 e. The zero-order valence-electron chi connectivity index (χ0n) is 18.2. The number of para-hydroxylation sites is 1. The molecule has 0 aliphatic rings. The molecule has 6 heteroatoms.